The highest BCUT2D eigenvalue weighted by Gasteiger charge is 2.21. The molecule has 0 aromatic carbocycles. The molecule has 1 aliphatic rings. The summed E-state index contributed by atoms with van der Waals surface area (Å²) >= 11 is 3.79. The molecule has 0 spiro atoms. The zero-order valence-electron chi connectivity index (χ0n) is 5.92. The van der Waals surface area contributed by atoms with E-state index in [4.69, 9.17) is 5.73 Å². The Balaban J connectivity index is 2.33. The summed E-state index contributed by atoms with van der Waals surface area (Å²) in [4.78, 5) is 10.7. The lowest BCUT2D eigenvalue weighted by molar-refractivity contribution is -0.115. The second kappa shape index (κ2) is 3.39. The monoisotopic (exact) mass is 159 g/mol. The summed E-state index contributed by atoms with van der Waals surface area (Å²) in [6.45, 7) is 0. The molecule has 0 radical (unpaired) electrons. The van der Waals surface area contributed by atoms with Crippen LogP contribution in [0.1, 0.15) is 25.7 Å². The second-order valence-corrected chi connectivity index (χ2v) is 3.39. The van der Waals surface area contributed by atoms with Gasteiger partial charge in [0.1, 0.15) is 0 Å². The average molecular weight is 159 g/mol. The van der Waals surface area contributed by atoms with E-state index in [0.717, 1.165) is 25.7 Å². The van der Waals surface area contributed by atoms with Gasteiger partial charge in [-0.3, -0.25) is 4.79 Å². The molecule has 2 nitrogen and oxygen atoms in total. The number of carbonyl (C=O) groups excluding carboxylic acids is 1. The molecule has 1 rings (SSSR count). The van der Waals surface area contributed by atoms with Gasteiger partial charge >= 0.3 is 0 Å². The molecule has 0 aliphatic heterocycles. The largest absolute Gasteiger partial charge is 0.328 e. The van der Waals surface area contributed by atoms with Gasteiger partial charge in [0, 0.05) is 12.0 Å². The van der Waals surface area contributed by atoms with Crippen molar-refractivity contribution in [2.45, 2.75) is 31.7 Å². The topological polar surface area (TPSA) is 43.1 Å². The van der Waals surface area contributed by atoms with Gasteiger partial charge in [0.15, 0.2) is 5.12 Å². The van der Waals surface area contributed by atoms with E-state index >= 15 is 0 Å². The molecule has 0 aromatic rings. The predicted octanol–water partition coefficient (Wildman–Crippen LogP) is 0.960. The molecule has 0 unspecified atom stereocenters. The molecule has 1 aliphatic carbocycles. The van der Waals surface area contributed by atoms with Crippen molar-refractivity contribution in [1.82, 2.24) is 0 Å². The molecule has 1 saturated carbocycles. The van der Waals surface area contributed by atoms with Crippen molar-refractivity contribution >= 4 is 17.7 Å². The number of hydrogen-bond donors (Lipinski definition) is 2. The third-order valence-corrected chi connectivity index (χ3v) is 2.49. The van der Waals surface area contributed by atoms with Crippen LogP contribution in [0.15, 0.2) is 0 Å². The fraction of sp³-hybridized carbons (Fsp3) is 0.857. The Morgan fingerprint density at radius 1 is 1.30 bits per heavy atom. The van der Waals surface area contributed by atoms with Crippen molar-refractivity contribution in [3.8, 4) is 0 Å². The third-order valence-electron chi connectivity index (χ3n) is 2.12. The first-order valence-electron chi connectivity index (χ1n) is 3.68. The highest BCUT2D eigenvalue weighted by atomic mass is 32.1. The minimum Gasteiger partial charge on any atom is -0.328 e. The van der Waals surface area contributed by atoms with Crippen molar-refractivity contribution < 1.29 is 4.79 Å². The molecule has 1 fully saturated rings. The van der Waals surface area contributed by atoms with Gasteiger partial charge < -0.3 is 5.73 Å². The summed E-state index contributed by atoms with van der Waals surface area (Å²) in [5, 5.41) is 0.0342. The van der Waals surface area contributed by atoms with Crippen LogP contribution in [0.2, 0.25) is 0 Å². The Hall–Kier alpha value is -0.0200. The van der Waals surface area contributed by atoms with Crippen LogP contribution in [0.4, 0.5) is 0 Å². The van der Waals surface area contributed by atoms with E-state index in [-0.39, 0.29) is 11.0 Å². The van der Waals surface area contributed by atoms with Crippen LogP contribution < -0.4 is 5.73 Å². The lowest BCUT2D eigenvalue weighted by atomic mass is 9.87. The number of thiol groups is 1. The van der Waals surface area contributed by atoms with Gasteiger partial charge in [-0.15, -0.1) is 12.6 Å². The van der Waals surface area contributed by atoms with Gasteiger partial charge in [0.2, 0.25) is 0 Å². The summed E-state index contributed by atoms with van der Waals surface area (Å²) in [6, 6.07) is 0.323. The molecule has 3 heteroatoms. The van der Waals surface area contributed by atoms with Gasteiger partial charge in [-0.2, -0.15) is 0 Å². The number of hydrogen-bond acceptors (Lipinski definition) is 2. The molecule has 0 bridgehead atoms. The molecule has 0 heterocycles. The third kappa shape index (κ3) is 1.99. The van der Waals surface area contributed by atoms with Crippen LogP contribution in [0.25, 0.3) is 0 Å². The van der Waals surface area contributed by atoms with Gasteiger partial charge in [-0.25, -0.2) is 0 Å². The van der Waals surface area contributed by atoms with Gasteiger partial charge in [-0.05, 0) is 25.7 Å². The molecular weight excluding hydrogens is 146 g/mol. The van der Waals surface area contributed by atoms with E-state index in [9.17, 15) is 4.79 Å². The van der Waals surface area contributed by atoms with E-state index in [1.165, 1.54) is 0 Å². The highest BCUT2D eigenvalue weighted by molar-refractivity contribution is 7.96. The average Bonchev–Trinajstić information content (AvgIpc) is 1.88. The molecule has 2 N–H and O–H groups in total. The van der Waals surface area contributed by atoms with E-state index in [1.54, 1.807) is 0 Å². The van der Waals surface area contributed by atoms with E-state index in [1.807, 2.05) is 0 Å². The molecule has 0 saturated heterocycles. The fourth-order valence-corrected chi connectivity index (χ4v) is 1.62. The first kappa shape index (κ1) is 8.08. The molecule has 0 aromatic heterocycles. The van der Waals surface area contributed by atoms with Gasteiger partial charge in [-0.1, -0.05) is 0 Å². The van der Waals surface area contributed by atoms with Crippen molar-refractivity contribution in [1.29, 1.82) is 0 Å². The maximum atomic E-state index is 10.7. The summed E-state index contributed by atoms with van der Waals surface area (Å²) < 4.78 is 0. The normalized spacial score (nSPS) is 33.8. The lowest BCUT2D eigenvalue weighted by Gasteiger charge is -2.23. The Morgan fingerprint density at radius 2 is 1.80 bits per heavy atom. The first-order chi connectivity index (χ1) is 4.70. The van der Waals surface area contributed by atoms with Crippen molar-refractivity contribution in [2.75, 3.05) is 0 Å². The van der Waals surface area contributed by atoms with Crippen LogP contribution in [0.3, 0.4) is 0 Å². The van der Waals surface area contributed by atoms with E-state index < -0.39 is 0 Å². The van der Waals surface area contributed by atoms with Crippen LogP contribution in [-0.4, -0.2) is 11.2 Å². The zero-order chi connectivity index (χ0) is 7.56. The Bertz CT molecular complexity index is 130. The quantitative estimate of drug-likeness (QED) is 0.560. The van der Waals surface area contributed by atoms with Crippen molar-refractivity contribution in [3.63, 3.8) is 0 Å². The Kier molecular flexibility index (Phi) is 2.74. The van der Waals surface area contributed by atoms with Crippen LogP contribution in [-0.2, 0) is 4.79 Å². The summed E-state index contributed by atoms with van der Waals surface area (Å²) in [5.41, 5.74) is 5.66. The van der Waals surface area contributed by atoms with Crippen LogP contribution >= 0.6 is 12.6 Å². The summed E-state index contributed by atoms with van der Waals surface area (Å²) in [7, 11) is 0. The molecule has 0 amide bonds. The minimum absolute atomic E-state index is 0.0342. The SMILES string of the molecule is N[C@H]1CC[C@H](C(=O)S)CC1. The Labute approximate surface area is 66.6 Å². The molecule has 10 heavy (non-hydrogen) atoms. The number of nitrogens with two attached hydrogens (primary N) is 1. The van der Waals surface area contributed by atoms with E-state index in [0.29, 0.717) is 6.04 Å². The molecular formula is C7H13NOS. The first-order valence-corrected chi connectivity index (χ1v) is 4.13. The van der Waals surface area contributed by atoms with Gasteiger partial charge in [0.25, 0.3) is 0 Å². The highest BCUT2D eigenvalue weighted by Crippen LogP contribution is 2.24. The van der Waals surface area contributed by atoms with Crippen LogP contribution in [0, 0.1) is 5.92 Å². The maximum Gasteiger partial charge on any atom is 0.188 e. The number of rotatable bonds is 1. The minimum atomic E-state index is 0.0342. The van der Waals surface area contributed by atoms with E-state index in [2.05, 4.69) is 12.6 Å². The van der Waals surface area contributed by atoms with Gasteiger partial charge in [0.05, 0.1) is 0 Å². The standard InChI is InChI=1S/C7H13NOS/c8-6-3-1-5(2-4-6)7(9)10/h5-6H,1-4,8H2,(H,9,10)/t5-,6-. The maximum absolute atomic E-state index is 10.7. The fourth-order valence-electron chi connectivity index (χ4n) is 1.37. The van der Waals surface area contributed by atoms with Crippen molar-refractivity contribution in [2.24, 2.45) is 11.7 Å². The molecule has 58 valence electrons. The number of carbonyl (C=O) groups is 1. The Morgan fingerprint density at radius 3 is 2.20 bits per heavy atom. The summed E-state index contributed by atoms with van der Waals surface area (Å²) in [5.74, 6) is 0.183. The lowest BCUT2D eigenvalue weighted by Crippen LogP contribution is -2.28. The van der Waals surface area contributed by atoms with Crippen molar-refractivity contribution in [3.05, 3.63) is 0 Å². The summed E-state index contributed by atoms with van der Waals surface area (Å²) in [6.07, 6.45) is 3.83. The smallest absolute Gasteiger partial charge is 0.188 e. The molecule has 0 atom stereocenters. The second-order valence-electron chi connectivity index (χ2n) is 2.95. The van der Waals surface area contributed by atoms with Crippen LogP contribution in [0.5, 0.6) is 0 Å². The predicted molar refractivity (Wildman–Crippen MR) is 43.9 cm³/mol. The zero-order valence-corrected chi connectivity index (χ0v) is 6.81.